The summed E-state index contributed by atoms with van der Waals surface area (Å²) >= 11 is 0. The molecule has 0 spiro atoms. The second-order valence-electron chi connectivity index (χ2n) is 12.1. The number of halogens is 2. The zero-order valence-corrected chi connectivity index (χ0v) is 25.5. The van der Waals surface area contributed by atoms with E-state index in [0.717, 1.165) is 38.2 Å². The molecular formula is C35H45F2N3O3. The first-order valence-electron chi connectivity index (χ1n) is 15.5. The van der Waals surface area contributed by atoms with E-state index in [1.165, 1.54) is 23.3 Å². The summed E-state index contributed by atoms with van der Waals surface area (Å²) in [5.41, 5.74) is 8.58. The molecule has 0 heterocycles. The molecule has 0 fully saturated rings. The van der Waals surface area contributed by atoms with Gasteiger partial charge in [0.25, 0.3) is 0 Å². The molecule has 0 bridgehead atoms. The SMILES string of the molecule is CCCN(CCC)C(=O)C1=CC(C)=CC(C(N)=O)([C@H](Cc2cc(F)cc(F)c2)[C@@H](O)CN[C@@H]2CCCc3ccccc32)C1. The van der Waals surface area contributed by atoms with Crippen LogP contribution >= 0.6 is 0 Å². The maximum absolute atomic E-state index is 14.3. The molecular weight excluding hydrogens is 548 g/mol. The summed E-state index contributed by atoms with van der Waals surface area (Å²) in [7, 11) is 0. The highest BCUT2D eigenvalue weighted by Gasteiger charge is 2.48. The zero-order valence-electron chi connectivity index (χ0n) is 25.5. The Balaban J connectivity index is 1.70. The Labute approximate surface area is 254 Å². The van der Waals surface area contributed by atoms with Gasteiger partial charge >= 0.3 is 0 Å². The third kappa shape index (κ3) is 7.60. The predicted octanol–water partition coefficient (Wildman–Crippen LogP) is 5.55. The smallest absolute Gasteiger partial charge is 0.249 e. The lowest BCUT2D eigenvalue weighted by Gasteiger charge is -2.42. The average Bonchev–Trinajstić information content (AvgIpc) is 2.97. The number of nitrogens with one attached hydrogen (secondary N) is 1. The minimum Gasteiger partial charge on any atom is -0.391 e. The fourth-order valence-electron chi connectivity index (χ4n) is 6.93. The number of nitrogens with two attached hydrogens (primary N) is 1. The summed E-state index contributed by atoms with van der Waals surface area (Å²) in [5, 5.41) is 15.3. The molecule has 0 saturated heterocycles. The Hall–Kier alpha value is -3.36. The lowest BCUT2D eigenvalue weighted by molar-refractivity contribution is -0.132. The van der Waals surface area contributed by atoms with Gasteiger partial charge in [-0.3, -0.25) is 9.59 Å². The number of fused-ring (bicyclic) bond motifs is 1. The van der Waals surface area contributed by atoms with Crippen molar-refractivity contribution in [3.05, 3.63) is 94.1 Å². The van der Waals surface area contributed by atoms with Crippen LogP contribution in [0.15, 0.2) is 65.8 Å². The number of hydrogen-bond acceptors (Lipinski definition) is 4. The van der Waals surface area contributed by atoms with Crippen LogP contribution in [0.1, 0.15) is 75.6 Å². The molecule has 2 aliphatic carbocycles. The summed E-state index contributed by atoms with van der Waals surface area (Å²) < 4.78 is 28.6. The summed E-state index contributed by atoms with van der Waals surface area (Å²) in [6, 6.07) is 11.5. The standard InChI is InChI=1S/C35H45F2N3O3/c1-4-13-40(14-5-2)33(42)26-15-23(3)20-35(21-26,34(38)43)30(18-24-16-27(36)19-28(37)17-24)32(41)22-39-31-12-8-10-25-9-6-7-11-29(25)31/h6-7,9,11,15-17,19-20,30-32,39,41H,4-5,8,10,12-14,18,21-22H2,1-3H3,(H2,38,43)/t30-,31-,32+,35?/m1/s1. The van der Waals surface area contributed by atoms with Crippen molar-refractivity contribution < 1.29 is 23.5 Å². The van der Waals surface area contributed by atoms with E-state index in [9.17, 15) is 23.5 Å². The van der Waals surface area contributed by atoms with Crippen LogP contribution in [0.2, 0.25) is 0 Å². The number of primary amides is 1. The molecule has 0 aliphatic heterocycles. The predicted molar refractivity (Wildman–Crippen MR) is 165 cm³/mol. The van der Waals surface area contributed by atoms with Crippen molar-refractivity contribution in [1.82, 2.24) is 10.2 Å². The number of aryl methyl sites for hydroxylation is 1. The first kappa shape index (κ1) is 32.6. The van der Waals surface area contributed by atoms with E-state index in [1.807, 2.05) is 26.0 Å². The average molecular weight is 594 g/mol. The molecule has 232 valence electrons. The Morgan fingerprint density at radius 2 is 1.79 bits per heavy atom. The normalized spacial score (nSPS) is 21.3. The molecule has 2 aromatic carbocycles. The molecule has 2 aromatic rings. The van der Waals surface area contributed by atoms with Gasteiger partial charge in [0.1, 0.15) is 11.6 Å². The van der Waals surface area contributed by atoms with Gasteiger partial charge in [-0.25, -0.2) is 8.78 Å². The van der Waals surface area contributed by atoms with E-state index in [4.69, 9.17) is 5.73 Å². The second kappa shape index (κ2) is 14.4. The molecule has 43 heavy (non-hydrogen) atoms. The van der Waals surface area contributed by atoms with Crippen LogP contribution in [0.3, 0.4) is 0 Å². The first-order valence-corrected chi connectivity index (χ1v) is 15.5. The zero-order chi connectivity index (χ0) is 31.1. The number of allylic oxidation sites excluding steroid dienone is 2. The molecule has 0 saturated carbocycles. The highest BCUT2D eigenvalue weighted by atomic mass is 19.1. The van der Waals surface area contributed by atoms with Crippen molar-refractivity contribution in [3.8, 4) is 0 Å². The maximum atomic E-state index is 14.3. The fraction of sp³-hybridized carbons (Fsp3) is 0.486. The fourth-order valence-corrected chi connectivity index (χ4v) is 6.93. The van der Waals surface area contributed by atoms with Crippen LogP contribution in [-0.2, 0) is 22.4 Å². The number of amides is 2. The first-order chi connectivity index (χ1) is 20.6. The van der Waals surface area contributed by atoms with E-state index in [2.05, 4.69) is 17.4 Å². The summed E-state index contributed by atoms with van der Waals surface area (Å²) in [5.74, 6) is -3.20. The van der Waals surface area contributed by atoms with Gasteiger partial charge in [0.2, 0.25) is 11.8 Å². The summed E-state index contributed by atoms with van der Waals surface area (Å²) in [6.45, 7) is 7.11. The molecule has 6 nitrogen and oxygen atoms in total. The molecule has 1 unspecified atom stereocenters. The number of rotatable bonds is 13. The van der Waals surface area contributed by atoms with E-state index in [-0.39, 0.29) is 31.3 Å². The van der Waals surface area contributed by atoms with E-state index < -0.39 is 35.0 Å². The Morgan fingerprint density at radius 1 is 1.12 bits per heavy atom. The lowest BCUT2D eigenvalue weighted by atomic mass is 9.63. The van der Waals surface area contributed by atoms with Crippen molar-refractivity contribution in [1.29, 1.82) is 0 Å². The van der Waals surface area contributed by atoms with Gasteiger partial charge < -0.3 is 21.1 Å². The third-order valence-electron chi connectivity index (χ3n) is 8.82. The van der Waals surface area contributed by atoms with E-state index in [0.29, 0.717) is 29.8 Å². The molecule has 2 amide bonds. The largest absolute Gasteiger partial charge is 0.391 e. The van der Waals surface area contributed by atoms with Gasteiger partial charge in [-0.05, 0) is 80.7 Å². The van der Waals surface area contributed by atoms with Gasteiger partial charge in [0.15, 0.2) is 0 Å². The number of carbonyl (C=O) groups is 2. The van der Waals surface area contributed by atoms with Gasteiger partial charge in [-0.15, -0.1) is 0 Å². The molecule has 4 rings (SSSR count). The van der Waals surface area contributed by atoms with Crippen molar-refractivity contribution in [2.75, 3.05) is 19.6 Å². The number of aliphatic hydroxyl groups is 1. The van der Waals surface area contributed by atoms with Crippen LogP contribution in [0.4, 0.5) is 8.78 Å². The number of benzene rings is 2. The van der Waals surface area contributed by atoms with Gasteiger partial charge in [-0.1, -0.05) is 55.8 Å². The highest BCUT2D eigenvalue weighted by molar-refractivity contribution is 5.97. The quantitative estimate of drug-likeness (QED) is 0.284. The van der Waals surface area contributed by atoms with E-state index in [1.54, 1.807) is 24.0 Å². The lowest BCUT2D eigenvalue weighted by Crippen LogP contribution is -2.52. The van der Waals surface area contributed by atoms with Gasteiger partial charge in [-0.2, -0.15) is 0 Å². The molecule has 4 atom stereocenters. The van der Waals surface area contributed by atoms with Crippen molar-refractivity contribution in [3.63, 3.8) is 0 Å². The van der Waals surface area contributed by atoms with Crippen LogP contribution < -0.4 is 11.1 Å². The highest BCUT2D eigenvalue weighted by Crippen LogP contribution is 2.44. The van der Waals surface area contributed by atoms with Crippen LogP contribution in [0, 0.1) is 23.0 Å². The van der Waals surface area contributed by atoms with Crippen molar-refractivity contribution in [2.24, 2.45) is 17.1 Å². The molecule has 0 radical (unpaired) electrons. The Bertz CT molecular complexity index is 1350. The Kier molecular flexibility index (Phi) is 10.9. The van der Waals surface area contributed by atoms with Crippen LogP contribution in [0.5, 0.6) is 0 Å². The summed E-state index contributed by atoms with van der Waals surface area (Å²) in [6.07, 6.45) is 6.86. The number of hydrogen-bond donors (Lipinski definition) is 3. The van der Waals surface area contributed by atoms with Gasteiger partial charge in [0.05, 0.1) is 11.5 Å². The second-order valence-corrected chi connectivity index (χ2v) is 12.1. The number of aliphatic hydroxyl groups excluding tert-OH is 1. The molecule has 4 N–H and O–H groups in total. The van der Waals surface area contributed by atoms with Gasteiger partial charge in [0, 0.05) is 43.2 Å². The number of nitrogens with zero attached hydrogens (tertiary/aromatic N) is 1. The topological polar surface area (TPSA) is 95.7 Å². The summed E-state index contributed by atoms with van der Waals surface area (Å²) in [4.78, 5) is 29.0. The van der Waals surface area contributed by atoms with Crippen molar-refractivity contribution in [2.45, 2.75) is 77.9 Å². The third-order valence-corrected chi connectivity index (χ3v) is 8.82. The molecule has 8 heteroatoms. The minimum atomic E-state index is -1.46. The monoisotopic (exact) mass is 593 g/mol. The van der Waals surface area contributed by atoms with Crippen LogP contribution in [0.25, 0.3) is 0 Å². The minimum absolute atomic E-state index is 0.00573. The number of carbonyl (C=O) groups excluding carboxylic acids is 2. The Morgan fingerprint density at radius 3 is 2.44 bits per heavy atom. The molecule has 2 aliphatic rings. The maximum Gasteiger partial charge on any atom is 0.249 e. The van der Waals surface area contributed by atoms with Crippen molar-refractivity contribution >= 4 is 11.8 Å². The molecule has 0 aromatic heterocycles. The van der Waals surface area contributed by atoms with Crippen LogP contribution in [-0.4, -0.2) is 47.6 Å². The van der Waals surface area contributed by atoms with E-state index >= 15 is 0 Å².